The van der Waals surface area contributed by atoms with Crippen LogP contribution in [0.2, 0.25) is 0 Å². The van der Waals surface area contributed by atoms with E-state index in [1.54, 1.807) is 12.1 Å². The topological polar surface area (TPSA) is 60.3 Å². The molecule has 5 nitrogen and oxygen atoms in total. The molecule has 1 amide bonds. The van der Waals surface area contributed by atoms with Gasteiger partial charge in [0.2, 0.25) is 0 Å². The zero-order valence-electron chi connectivity index (χ0n) is 14.4. The van der Waals surface area contributed by atoms with Crippen molar-refractivity contribution in [3.8, 4) is 0 Å². The summed E-state index contributed by atoms with van der Waals surface area (Å²) in [6.07, 6.45) is -3.31. The molecule has 0 bridgehead atoms. The monoisotopic (exact) mass is 388 g/mol. The van der Waals surface area contributed by atoms with E-state index in [1.807, 2.05) is 18.2 Å². The van der Waals surface area contributed by atoms with Crippen molar-refractivity contribution in [2.45, 2.75) is 12.8 Å². The number of carbonyl (C=O) groups excluding carboxylic acids is 1. The highest BCUT2D eigenvalue weighted by Gasteiger charge is 2.33. The van der Waals surface area contributed by atoms with Gasteiger partial charge in [0.25, 0.3) is 11.5 Å². The van der Waals surface area contributed by atoms with Crippen LogP contribution in [0.3, 0.4) is 0 Å². The van der Waals surface area contributed by atoms with Gasteiger partial charge in [0.05, 0.1) is 11.3 Å². The van der Waals surface area contributed by atoms with Crippen LogP contribution in [-0.4, -0.2) is 10.6 Å². The number of amides is 1. The summed E-state index contributed by atoms with van der Waals surface area (Å²) in [6.45, 7) is 0.0860. The Hall–Kier alpha value is -3.55. The lowest BCUT2D eigenvalue weighted by atomic mass is 10.1. The van der Waals surface area contributed by atoms with E-state index in [2.05, 4.69) is 5.32 Å². The highest BCUT2D eigenvalue weighted by Crippen LogP contribution is 2.34. The number of hydrogen-bond acceptors (Lipinski definition) is 3. The normalized spacial score (nSPS) is 11.1. The molecular weight excluding hydrogens is 373 g/mol. The Morgan fingerprint density at radius 3 is 2.36 bits per heavy atom. The van der Waals surface area contributed by atoms with Gasteiger partial charge < -0.3 is 10.2 Å². The van der Waals surface area contributed by atoms with E-state index < -0.39 is 28.9 Å². The zero-order chi connectivity index (χ0) is 20.1. The average Bonchev–Trinajstić information content (AvgIpc) is 2.67. The first-order chi connectivity index (χ1) is 13.4. The number of halogens is 3. The van der Waals surface area contributed by atoms with E-state index >= 15 is 0 Å². The third kappa shape index (κ3) is 4.40. The Kier molecular flexibility index (Phi) is 5.49. The SMILES string of the molecule is O=C(Nc1ccccc1C(F)(F)F)c1cccn(OCc2ccccc2)c1=O. The third-order valence-corrected chi connectivity index (χ3v) is 3.85. The number of carbonyl (C=O) groups is 1. The highest BCUT2D eigenvalue weighted by molar-refractivity contribution is 6.04. The number of benzene rings is 2. The molecule has 0 fully saturated rings. The van der Waals surface area contributed by atoms with Crippen LogP contribution < -0.4 is 15.7 Å². The van der Waals surface area contributed by atoms with Crippen molar-refractivity contribution in [1.82, 2.24) is 4.73 Å². The lowest BCUT2D eigenvalue weighted by Gasteiger charge is -2.14. The molecule has 0 aliphatic rings. The van der Waals surface area contributed by atoms with Crippen molar-refractivity contribution in [2.75, 3.05) is 5.32 Å². The Morgan fingerprint density at radius 1 is 0.964 bits per heavy atom. The second-order valence-corrected chi connectivity index (χ2v) is 5.81. The van der Waals surface area contributed by atoms with Crippen LogP contribution >= 0.6 is 0 Å². The molecule has 1 N–H and O–H groups in total. The first-order valence-corrected chi connectivity index (χ1v) is 8.23. The number of hydrogen-bond donors (Lipinski definition) is 1. The van der Waals surface area contributed by atoms with Crippen LogP contribution in [-0.2, 0) is 12.8 Å². The van der Waals surface area contributed by atoms with E-state index in [4.69, 9.17) is 4.84 Å². The number of alkyl halides is 3. The quantitative estimate of drug-likeness (QED) is 0.724. The van der Waals surface area contributed by atoms with Gasteiger partial charge in [0, 0.05) is 6.20 Å². The van der Waals surface area contributed by atoms with Gasteiger partial charge in [0.15, 0.2) is 0 Å². The fraction of sp³-hybridized carbons (Fsp3) is 0.100. The lowest BCUT2D eigenvalue weighted by molar-refractivity contribution is -0.136. The van der Waals surface area contributed by atoms with Crippen molar-refractivity contribution in [3.63, 3.8) is 0 Å². The van der Waals surface area contributed by atoms with E-state index in [9.17, 15) is 22.8 Å². The average molecular weight is 388 g/mol. The van der Waals surface area contributed by atoms with Crippen molar-refractivity contribution in [2.24, 2.45) is 0 Å². The summed E-state index contributed by atoms with van der Waals surface area (Å²) in [5, 5.41) is 2.15. The summed E-state index contributed by atoms with van der Waals surface area (Å²) in [7, 11) is 0. The van der Waals surface area contributed by atoms with Crippen LogP contribution in [0, 0.1) is 0 Å². The molecule has 144 valence electrons. The third-order valence-electron chi connectivity index (χ3n) is 3.85. The minimum atomic E-state index is -4.64. The predicted octanol–water partition coefficient (Wildman–Crippen LogP) is 3.75. The summed E-state index contributed by atoms with van der Waals surface area (Å²) in [4.78, 5) is 30.2. The van der Waals surface area contributed by atoms with Crippen LogP contribution in [0.15, 0.2) is 77.7 Å². The molecule has 1 heterocycles. The summed E-state index contributed by atoms with van der Waals surface area (Å²) in [5.41, 5.74) is -1.74. The maximum Gasteiger partial charge on any atom is 0.418 e. The largest absolute Gasteiger partial charge is 0.418 e. The second kappa shape index (κ2) is 7.99. The molecule has 0 atom stereocenters. The minimum absolute atomic E-state index is 0.0860. The standard InChI is InChI=1S/C20H15F3N2O3/c21-20(22,23)16-10-4-5-11-17(16)24-18(26)15-9-6-12-25(19(15)27)28-13-14-7-2-1-3-8-14/h1-12H,13H2,(H,24,26). The Labute approximate surface area is 158 Å². The first kappa shape index (κ1) is 19.2. The number of pyridine rings is 1. The smallest absolute Gasteiger partial charge is 0.406 e. The predicted molar refractivity (Wildman–Crippen MR) is 96.8 cm³/mol. The number of nitrogens with one attached hydrogen (secondary N) is 1. The summed E-state index contributed by atoms with van der Waals surface area (Å²) in [5.74, 6) is -0.959. The van der Waals surface area contributed by atoms with E-state index in [0.29, 0.717) is 0 Å². The maximum atomic E-state index is 13.1. The molecule has 0 radical (unpaired) electrons. The molecule has 3 rings (SSSR count). The summed E-state index contributed by atoms with van der Waals surface area (Å²) >= 11 is 0. The Morgan fingerprint density at radius 2 is 1.64 bits per heavy atom. The zero-order valence-corrected chi connectivity index (χ0v) is 14.4. The molecule has 28 heavy (non-hydrogen) atoms. The molecule has 0 aliphatic carbocycles. The lowest BCUT2D eigenvalue weighted by Crippen LogP contribution is -2.32. The summed E-state index contributed by atoms with van der Waals surface area (Å²) < 4.78 is 40.1. The second-order valence-electron chi connectivity index (χ2n) is 5.81. The van der Waals surface area contributed by atoms with Gasteiger partial charge in [-0.1, -0.05) is 42.5 Å². The molecule has 0 saturated heterocycles. The number of para-hydroxylation sites is 1. The maximum absolute atomic E-state index is 13.1. The fourth-order valence-electron chi connectivity index (χ4n) is 2.50. The van der Waals surface area contributed by atoms with E-state index in [0.717, 1.165) is 22.4 Å². The van der Waals surface area contributed by atoms with Gasteiger partial charge in [-0.25, -0.2) is 0 Å². The van der Waals surface area contributed by atoms with Gasteiger partial charge in [-0.3, -0.25) is 9.59 Å². The molecule has 0 unspecified atom stereocenters. The van der Waals surface area contributed by atoms with Gasteiger partial charge >= 0.3 is 6.18 Å². The molecule has 1 aromatic heterocycles. The molecule has 8 heteroatoms. The fourth-order valence-corrected chi connectivity index (χ4v) is 2.50. The van der Waals surface area contributed by atoms with Crippen molar-refractivity contribution >= 4 is 11.6 Å². The molecule has 0 saturated carbocycles. The molecular formula is C20H15F3N2O3. The highest BCUT2D eigenvalue weighted by atomic mass is 19.4. The number of rotatable bonds is 5. The molecule has 0 spiro atoms. The van der Waals surface area contributed by atoms with Crippen molar-refractivity contribution < 1.29 is 22.8 Å². The van der Waals surface area contributed by atoms with Gasteiger partial charge in [-0.2, -0.15) is 17.9 Å². The van der Waals surface area contributed by atoms with Gasteiger partial charge in [-0.05, 0) is 29.8 Å². The Bertz CT molecular complexity index is 1030. The van der Waals surface area contributed by atoms with Crippen LogP contribution in [0.1, 0.15) is 21.5 Å². The van der Waals surface area contributed by atoms with E-state index in [-0.39, 0.29) is 12.2 Å². The van der Waals surface area contributed by atoms with Crippen LogP contribution in [0.4, 0.5) is 18.9 Å². The molecule has 3 aromatic rings. The Balaban J connectivity index is 1.81. The van der Waals surface area contributed by atoms with Crippen LogP contribution in [0.25, 0.3) is 0 Å². The number of aromatic nitrogens is 1. The van der Waals surface area contributed by atoms with Gasteiger partial charge in [-0.15, -0.1) is 0 Å². The minimum Gasteiger partial charge on any atom is -0.406 e. The van der Waals surface area contributed by atoms with Crippen molar-refractivity contribution in [1.29, 1.82) is 0 Å². The molecule has 0 aliphatic heterocycles. The number of anilines is 1. The first-order valence-electron chi connectivity index (χ1n) is 8.23. The van der Waals surface area contributed by atoms with Gasteiger partial charge in [0.1, 0.15) is 12.2 Å². The molecule has 2 aromatic carbocycles. The number of nitrogens with zero attached hydrogens (tertiary/aromatic N) is 1. The summed E-state index contributed by atoms with van der Waals surface area (Å²) in [6, 6.07) is 16.2. The van der Waals surface area contributed by atoms with E-state index in [1.165, 1.54) is 30.5 Å². The van der Waals surface area contributed by atoms with Crippen molar-refractivity contribution in [3.05, 3.63) is 100.0 Å². The van der Waals surface area contributed by atoms with Crippen LogP contribution in [0.5, 0.6) is 0 Å².